The summed E-state index contributed by atoms with van der Waals surface area (Å²) in [6, 6.07) is 0. The average Bonchev–Trinajstić information content (AvgIpc) is 1.00. The summed E-state index contributed by atoms with van der Waals surface area (Å²) < 4.78 is 8.28. The van der Waals surface area contributed by atoms with E-state index in [-0.39, 0.29) is 37.2 Å². The second-order valence-electron chi connectivity index (χ2n) is 0. The summed E-state index contributed by atoms with van der Waals surface area (Å²) >= 11 is 0.611. The summed E-state index contributed by atoms with van der Waals surface area (Å²) in [6.45, 7) is 0. The quantitative estimate of drug-likeness (QED) is 0.374. The molecule has 0 bridgehead atoms. The van der Waals surface area contributed by atoms with Crippen molar-refractivity contribution in [3.8, 4) is 0 Å². The summed E-state index contributed by atoms with van der Waals surface area (Å²) in [6.07, 6.45) is 0. The molecule has 0 heterocycles. The molecule has 0 atom stereocenters. The molecule has 0 aromatic heterocycles. The van der Waals surface area contributed by atoms with E-state index in [1.807, 2.05) is 0 Å². The Morgan fingerprint density at radius 1 is 1.25 bits per heavy atom. The molecule has 4 heteroatoms. The van der Waals surface area contributed by atoms with Gasteiger partial charge in [-0.15, -0.1) is 0 Å². The van der Waals surface area contributed by atoms with Crippen molar-refractivity contribution >= 4 is 27.2 Å². The molecular weight excluding hydrogens is 162 g/mol. The standard InChI is InChI=1S/Al.O.H4Si.Zr.H/h;;1H4;;. The average molecular weight is 167 g/mol. The molecule has 0 N–H and O–H groups in total. The Morgan fingerprint density at radius 2 is 1.25 bits per heavy atom. The fraction of sp³-hybridized carbons (Fsp3) is 0. The van der Waals surface area contributed by atoms with Gasteiger partial charge >= 0.3 is 20.0 Å². The predicted molar refractivity (Wildman–Crippen MR) is 19.2 cm³/mol. The predicted octanol–water partition coefficient (Wildman–Crippen LogP) is -2.22. The van der Waals surface area contributed by atoms with E-state index in [1.165, 1.54) is 0 Å². The van der Waals surface area contributed by atoms with Gasteiger partial charge in [-0.1, -0.05) is 0 Å². The van der Waals surface area contributed by atoms with Crippen LogP contribution in [0.5, 0.6) is 0 Å². The molecule has 0 saturated carbocycles. The topological polar surface area (TPSA) is 17.1 Å². The van der Waals surface area contributed by atoms with Gasteiger partial charge in [0, 0.05) is 26.2 Å². The smallest absolute Gasteiger partial charge is 0 e. The third-order valence-corrected chi connectivity index (χ3v) is 0. The van der Waals surface area contributed by atoms with Crippen molar-refractivity contribution in [1.29, 1.82) is 0 Å². The molecule has 0 rings (SSSR count). The van der Waals surface area contributed by atoms with Crippen molar-refractivity contribution in [3.63, 3.8) is 0 Å². The Kier molecular flexibility index (Phi) is 115. The van der Waals surface area contributed by atoms with Crippen LogP contribution in [-0.4, -0.2) is 27.2 Å². The molecule has 0 amide bonds. The molecule has 0 radical (unpaired) electrons. The van der Waals surface area contributed by atoms with Crippen molar-refractivity contribution in [2.45, 2.75) is 0 Å². The normalized spacial score (nSPS) is 0.750. The first kappa shape index (κ1) is 18.0. The largest absolute Gasteiger partial charge is 0.0149 e. The van der Waals surface area contributed by atoms with Crippen LogP contribution in [0.3, 0.4) is 0 Å². The van der Waals surface area contributed by atoms with Gasteiger partial charge in [-0.05, 0) is 11.0 Å². The molecule has 0 unspecified atom stereocenters. The molecule has 0 aliphatic rings. The van der Waals surface area contributed by atoms with Crippen LogP contribution in [0.2, 0.25) is 0 Å². The maximum absolute atomic E-state index is 8.28. The van der Waals surface area contributed by atoms with Crippen LogP contribution in [0.4, 0.5) is 0 Å². The molecule has 0 aliphatic carbocycles. The molecule has 0 fully saturated rings. The van der Waals surface area contributed by atoms with Crippen molar-refractivity contribution in [1.82, 2.24) is 0 Å². The summed E-state index contributed by atoms with van der Waals surface area (Å²) in [5.74, 6) is 0. The zero-order chi connectivity index (χ0) is 2.00. The second kappa shape index (κ2) is 25.5. The number of rotatable bonds is 0. The van der Waals surface area contributed by atoms with Crippen LogP contribution < -0.4 is 0 Å². The van der Waals surface area contributed by atoms with E-state index in [1.54, 1.807) is 0 Å². The molecule has 0 aliphatic heterocycles. The van der Waals surface area contributed by atoms with E-state index in [4.69, 9.17) is 3.80 Å². The Morgan fingerprint density at radius 3 is 1.25 bits per heavy atom. The van der Waals surface area contributed by atoms with Gasteiger partial charge in [-0.2, -0.15) is 0 Å². The Balaban J connectivity index is -0.00000000500. The van der Waals surface area contributed by atoms with Gasteiger partial charge in [0.05, 0.1) is 0 Å². The Bertz CT molecular complexity index is 8.00. The van der Waals surface area contributed by atoms with Crippen LogP contribution in [0.15, 0.2) is 0 Å². The SMILES string of the molecule is [O]=[AlH].[SiH4].[Zr]. The fourth-order valence-electron chi connectivity index (χ4n) is 0. The van der Waals surface area contributed by atoms with Crippen LogP contribution in [0.25, 0.3) is 0 Å². The molecule has 0 aromatic carbocycles. The van der Waals surface area contributed by atoms with Gasteiger partial charge in [-0.3, -0.25) is 0 Å². The van der Waals surface area contributed by atoms with Gasteiger partial charge in [0.25, 0.3) is 0 Å². The third kappa shape index (κ3) is 9.90. The second-order valence-corrected chi connectivity index (χ2v) is 0. The first-order valence-electron chi connectivity index (χ1n) is 0.289. The molecule has 1 nitrogen and oxygen atoms in total. The molecule has 22 valence electrons. The van der Waals surface area contributed by atoms with Gasteiger partial charge in [0.1, 0.15) is 0 Å². The molecule has 4 heavy (non-hydrogen) atoms. The van der Waals surface area contributed by atoms with Crippen molar-refractivity contribution in [2.75, 3.05) is 0 Å². The van der Waals surface area contributed by atoms with Crippen LogP contribution in [-0.2, 0) is 30.0 Å². The van der Waals surface area contributed by atoms with Gasteiger partial charge in [-0.25, -0.2) is 0 Å². The minimum atomic E-state index is 0. The minimum Gasteiger partial charge on any atom is -0.0149 e. The minimum absolute atomic E-state index is 0. The zero-order valence-electron chi connectivity index (χ0n) is 1.62. The monoisotopic (exact) mass is 166 g/mol. The zero-order valence-corrected chi connectivity index (χ0v) is 5.49. The Labute approximate surface area is 56.9 Å². The summed E-state index contributed by atoms with van der Waals surface area (Å²) in [5.41, 5.74) is 0. The summed E-state index contributed by atoms with van der Waals surface area (Å²) in [4.78, 5) is 0. The van der Waals surface area contributed by atoms with Gasteiger partial charge < -0.3 is 0 Å². The first-order valence-corrected chi connectivity index (χ1v) is 0.866. The van der Waals surface area contributed by atoms with E-state index >= 15 is 0 Å². The number of hydrogen-bond acceptors (Lipinski definition) is 1. The fourth-order valence-corrected chi connectivity index (χ4v) is 0. The van der Waals surface area contributed by atoms with E-state index in [0.29, 0.717) is 16.2 Å². The van der Waals surface area contributed by atoms with Crippen LogP contribution >= 0.6 is 0 Å². The van der Waals surface area contributed by atoms with E-state index in [0.717, 1.165) is 0 Å². The summed E-state index contributed by atoms with van der Waals surface area (Å²) in [7, 11) is 0. The van der Waals surface area contributed by atoms with Gasteiger partial charge in [0.15, 0.2) is 0 Å². The van der Waals surface area contributed by atoms with Crippen molar-refractivity contribution in [2.24, 2.45) is 0 Å². The number of hydrogen-bond donors (Lipinski definition) is 0. The van der Waals surface area contributed by atoms with Crippen molar-refractivity contribution < 1.29 is 30.0 Å². The Hall–Kier alpha value is 1.43. The first-order chi connectivity index (χ1) is 1.00. The molecule has 0 spiro atoms. The van der Waals surface area contributed by atoms with Crippen LogP contribution in [0.1, 0.15) is 0 Å². The van der Waals surface area contributed by atoms with E-state index < -0.39 is 0 Å². The summed E-state index contributed by atoms with van der Waals surface area (Å²) in [5, 5.41) is 0. The molecular formula is H5AlOSiZr. The molecule has 0 aromatic rings. The maximum Gasteiger partial charge on any atom is 0 e. The van der Waals surface area contributed by atoms with Crippen molar-refractivity contribution in [3.05, 3.63) is 0 Å². The third-order valence-electron chi connectivity index (χ3n) is 0. The van der Waals surface area contributed by atoms with E-state index in [2.05, 4.69) is 0 Å². The maximum atomic E-state index is 8.28. The van der Waals surface area contributed by atoms with E-state index in [9.17, 15) is 0 Å². The van der Waals surface area contributed by atoms with Gasteiger partial charge in [0.2, 0.25) is 0 Å². The molecule has 0 saturated heterocycles. The van der Waals surface area contributed by atoms with Crippen LogP contribution in [0, 0.1) is 0 Å².